The molecule has 20 heavy (non-hydrogen) atoms. The molecule has 2 aromatic rings. The minimum Gasteiger partial charge on any atom is -0.358 e. The largest absolute Gasteiger partial charge is 0.358 e. The van der Waals surface area contributed by atoms with E-state index < -0.39 is 0 Å². The Balaban J connectivity index is 1.80. The molecule has 0 aliphatic heterocycles. The molecular weight excluding hydrogens is 268 g/mol. The number of fused-ring (bicyclic) bond motifs is 1. The van der Waals surface area contributed by atoms with Crippen LogP contribution in [0.25, 0.3) is 4.96 Å². The van der Waals surface area contributed by atoms with Gasteiger partial charge in [0.25, 0.3) is 0 Å². The monoisotopic (exact) mass is 292 g/mol. The molecule has 5 heteroatoms. The normalized spacial score (nSPS) is 16.9. The average molecular weight is 292 g/mol. The van der Waals surface area contributed by atoms with E-state index in [0.717, 1.165) is 29.7 Å². The maximum absolute atomic E-state index is 5.78. The molecule has 3 rings (SSSR count). The zero-order valence-electron chi connectivity index (χ0n) is 12.2. The van der Waals surface area contributed by atoms with Crippen LogP contribution >= 0.6 is 11.3 Å². The standard InChI is InChI=1S/C15H24N4S/c1-18(11-12-5-3-2-4-6-12)14-13(7-8-16)19-9-10-20-15(19)17-14/h9-10,12H,2-8,11,16H2,1H3. The Morgan fingerprint density at radius 3 is 2.95 bits per heavy atom. The molecule has 0 atom stereocenters. The van der Waals surface area contributed by atoms with Crippen LogP contribution in [0.2, 0.25) is 0 Å². The first-order valence-corrected chi connectivity index (χ1v) is 8.53. The summed E-state index contributed by atoms with van der Waals surface area (Å²) < 4.78 is 2.20. The van der Waals surface area contributed by atoms with Crippen molar-refractivity contribution >= 4 is 22.1 Å². The second-order valence-electron chi connectivity index (χ2n) is 5.86. The summed E-state index contributed by atoms with van der Waals surface area (Å²) in [6.45, 7) is 1.80. The minimum absolute atomic E-state index is 0.675. The van der Waals surface area contributed by atoms with Crippen LogP contribution in [-0.2, 0) is 6.42 Å². The number of thiazole rings is 1. The second-order valence-corrected chi connectivity index (χ2v) is 6.73. The molecule has 0 amide bonds. The van der Waals surface area contributed by atoms with Crippen molar-refractivity contribution < 1.29 is 0 Å². The van der Waals surface area contributed by atoms with Gasteiger partial charge in [-0.2, -0.15) is 0 Å². The van der Waals surface area contributed by atoms with E-state index in [1.54, 1.807) is 11.3 Å². The quantitative estimate of drug-likeness (QED) is 0.921. The van der Waals surface area contributed by atoms with E-state index in [2.05, 4.69) is 27.9 Å². The summed E-state index contributed by atoms with van der Waals surface area (Å²) >= 11 is 1.70. The summed E-state index contributed by atoms with van der Waals surface area (Å²) in [6.07, 6.45) is 9.95. The van der Waals surface area contributed by atoms with Crippen molar-refractivity contribution in [3.8, 4) is 0 Å². The lowest BCUT2D eigenvalue weighted by Crippen LogP contribution is -2.28. The number of rotatable bonds is 5. The van der Waals surface area contributed by atoms with Crippen molar-refractivity contribution in [1.82, 2.24) is 9.38 Å². The Labute approximate surface area is 124 Å². The number of aromatic nitrogens is 2. The number of hydrogen-bond acceptors (Lipinski definition) is 4. The lowest BCUT2D eigenvalue weighted by atomic mass is 9.89. The molecule has 0 aromatic carbocycles. The predicted octanol–water partition coefficient (Wildman–Crippen LogP) is 2.91. The van der Waals surface area contributed by atoms with E-state index >= 15 is 0 Å². The molecule has 1 saturated carbocycles. The third kappa shape index (κ3) is 2.69. The molecule has 0 spiro atoms. The van der Waals surface area contributed by atoms with Gasteiger partial charge in [-0.05, 0) is 25.3 Å². The predicted molar refractivity (Wildman–Crippen MR) is 85.7 cm³/mol. The van der Waals surface area contributed by atoms with Crippen LogP contribution in [-0.4, -0.2) is 29.5 Å². The molecule has 2 N–H and O–H groups in total. The number of anilines is 1. The van der Waals surface area contributed by atoms with Gasteiger partial charge in [0.2, 0.25) is 0 Å². The van der Waals surface area contributed by atoms with Crippen molar-refractivity contribution in [1.29, 1.82) is 0 Å². The highest BCUT2D eigenvalue weighted by molar-refractivity contribution is 7.15. The fraction of sp³-hybridized carbons (Fsp3) is 0.667. The molecule has 1 aliphatic rings. The van der Waals surface area contributed by atoms with Crippen molar-refractivity contribution in [2.24, 2.45) is 11.7 Å². The molecule has 4 nitrogen and oxygen atoms in total. The summed E-state index contributed by atoms with van der Waals surface area (Å²) in [6, 6.07) is 0. The molecular formula is C15H24N4S. The van der Waals surface area contributed by atoms with E-state index in [9.17, 15) is 0 Å². The Hall–Kier alpha value is -1.07. The van der Waals surface area contributed by atoms with Crippen LogP contribution in [0.4, 0.5) is 5.82 Å². The lowest BCUT2D eigenvalue weighted by molar-refractivity contribution is 0.361. The highest BCUT2D eigenvalue weighted by atomic mass is 32.1. The number of nitrogens with zero attached hydrogens (tertiary/aromatic N) is 3. The Kier molecular flexibility index (Phi) is 4.27. The van der Waals surface area contributed by atoms with Crippen molar-refractivity contribution in [2.45, 2.75) is 38.5 Å². The van der Waals surface area contributed by atoms with Crippen LogP contribution in [0.15, 0.2) is 11.6 Å². The summed E-state index contributed by atoms with van der Waals surface area (Å²) in [4.78, 5) is 8.24. The van der Waals surface area contributed by atoms with Gasteiger partial charge in [0.15, 0.2) is 10.8 Å². The van der Waals surface area contributed by atoms with Crippen LogP contribution < -0.4 is 10.6 Å². The van der Waals surface area contributed by atoms with Gasteiger partial charge in [-0.1, -0.05) is 19.3 Å². The minimum atomic E-state index is 0.675. The highest BCUT2D eigenvalue weighted by Gasteiger charge is 2.20. The van der Waals surface area contributed by atoms with Crippen LogP contribution in [0.3, 0.4) is 0 Å². The second kappa shape index (κ2) is 6.14. The Bertz CT molecular complexity index is 553. The zero-order chi connectivity index (χ0) is 13.9. The van der Waals surface area contributed by atoms with E-state index in [4.69, 9.17) is 10.7 Å². The lowest BCUT2D eigenvalue weighted by Gasteiger charge is -2.27. The van der Waals surface area contributed by atoms with E-state index in [1.165, 1.54) is 37.8 Å². The van der Waals surface area contributed by atoms with Gasteiger partial charge < -0.3 is 10.6 Å². The Morgan fingerprint density at radius 1 is 1.40 bits per heavy atom. The van der Waals surface area contributed by atoms with Crippen molar-refractivity contribution in [2.75, 3.05) is 25.0 Å². The van der Waals surface area contributed by atoms with Crippen LogP contribution in [0.1, 0.15) is 37.8 Å². The molecule has 0 unspecified atom stereocenters. The first kappa shape index (κ1) is 13.9. The topological polar surface area (TPSA) is 46.6 Å². The van der Waals surface area contributed by atoms with Gasteiger partial charge in [0.05, 0.1) is 5.69 Å². The van der Waals surface area contributed by atoms with E-state index in [1.807, 2.05) is 0 Å². The first-order valence-electron chi connectivity index (χ1n) is 7.65. The third-order valence-electron chi connectivity index (χ3n) is 4.34. The SMILES string of the molecule is CN(CC1CCCCC1)c1nc2sccn2c1CCN. The zero-order valence-corrected chi connectivity index (χ0v) is 13.0. The molecule has 2 aromatic heterocycles. The maximum atomic E-state index is 5.78. The highest BCUT2D eigenvalue weighted by Crippen LogP contribution is 2.28. The molecule has 0 saturated heterocycles. The van der Waals surface area contributed by atoms with Gasteiger partial charge in [-0.25, -0.2) is 4.98 Å². The fourth-order valence-electron chi connectivity index (χ4n) is 3.34. The fourth-order valence-corrected chi connectivity index (χ4v) is 4.07. The van der Waals surface area contributed by atoms with E-state index in [0.29, 0.717) is 6.54 Å². The smallest absolute Gasteiger partial charge is 0.195 e. The van der Waals surface area contributed by atoms with Gasteiger partial charge in [-0.3, -0.25) is 4.40 Å². The molecule has 1 aliphatic carbocycles. The van der Waals surface area contributed by atoms with Gasteiger partial charge in [0.1, 0.15) is 0 Å². The molecule has 110 valence electrons. The summed E-state index contributed by atoms with van der Waals surface area (Å²) in [5, 5.41) is 2.09. The van der Waals surface area contributed by atoms with Gasteiger partial charge >= 0.3 is 0 Å². The number of hydrogen-bond donors (Lipinski definition) is 1. The van der Waals surface area contributed by atoms with E-state index in [-0.39, 0.29) is 0 Å². The molecule has 2 heterocycles. The summed E-state index contributed by atoms with van der Waals surface area (Å²) in [5.74, 6) is 1.96. The number of imidazole rings is 1. The van der Waals surface area contributed by atoms with Gasteiger partial charge in [-0.15, -0.1) is 11.3 Å². The molecule has 1 fully saturated rings. The van der Waals surface area contributed by atoms with Crippen LogP contribution in [0, 0.1) is 5.92 Å². The molecule has 0 bridgehead atoms. The van der Waals surface area contributed by atoms with Crippen molar-refractivity contribution in [3.63, 3.8) is 0 Å². The Morgan fingerprint density at radius 2 is 2.20 bits per heavy atom. The maximum Gasteiger partial charge on any atom is 0.195 e. The van der Waals surface area contributed by atoms with Crippen LogP contribution in [0.5, 0.6) is 0 Å². The summed E-state index contributed by atoms with van der Waals surface area (Å²) in [5.41, 5.74) is 7.04. The van der Waals surface area contributed by atoms with Gasteiger partial charge in [0, 0.05) is 31.6 Å². The average Bonchev–Trinajstić information content (AvgIpc) is 3.03. The van der Waals surface area contributed by atoms with Crippen molar-refractivity contribution in [3.05, 3.63) is 17.3 Å². The summed E-state index contributed by atoms with van der Waals surface area (Å²) in [7, 11) is 2.18. The third-order valence-corrected chi connectivity index (χ3v) is 5.10. The number of nitrogens with two attached hydrogens (primary N) is 1. The first-order chi connectivity index (χ1) is 9.79. The molecule has 0 radical (unpaired) electrons.